The monoisotopic (exact) mass is 347 g/mol. The first-order valence-electron chi connectivity index (χ1n) is 8.26. The maximum Gasteiger partial charge on any atom is 0.315 e. The number of carbonyl (C=O) groups excluding carboxylic acids is 1. The third kappa shape index (κ3) is 5.04. The largest absolute Gasteiger partial charge is 0.391 e. The summed E-state index contributed by atoms with van der Waals surface area (Å²) in [6.07, 6.45) is 1.08. The van der Waals surface area contributed by atoms with Gasteiger partial charge in [-0.3, -0.25) is 0 Å². The van der Waals surface area contributed by atoms with E-state index in [0.717, 1.165) is 27.6 Å². The van der Waals surface area contributed by atoms with E-state index < -0.39 is 6.10 Å². The number of nitrogens with one attached hydrogen (secondary N) is 2. The fraction of sp³-hybridized carbons (Fsp3) is 0.444. The molecule has 0 fully saturated rings. The van der Waals surface area contributed by atoms with Crippen molar-refractivity contribution in [3.63, 3.8) is 0 Å². The number of hydrogen-bond donors (Lipinski definition) is 3. The second-order valence-corrected chi connectivity index (χ2v) is 6.88. The Morgan fingerprint density at radius 3 is 2.71 bits per heavy atom. The molecule has 0 radical (unpaired) electrons. The SMILES string of the molecule is CCCC(O)CNC(=O)NC(C)c1sc(-c2ccccc2)nc1C. The second kappa shape index (κ2) is 8.80. The van der Waals surface area contributed by atoms with Crippen LogP contribution in [0, 0.1) is 6.92 Å². The molecular weight excluding hydrogens is 322 g/mol. The summed E-state index contributed by atoms with van der Waals surface area (Å²) in [6, 6.07) is 9.61. The molecule has 2 rings (SSSR count). The standard InChI is InChI=1S/C18H25N3O2S/c1-4-8-15(22)11-19-18(23)21-13(3)16-12(2)20-17(24-16)14-9-6-5-7-10-14/h5-7,9-10,13,15,22H,4,8,11H2,1-3H3,(H2,19,21,23). The number of carbonyl (C=O) groups is 1. The molecule has 2 atom stereocenters. The Balaban J connectivity index is 1.96. The maximum atomic E-state index is 12.0. The van der Waals surface area contributed by atoms with Crippen molar-refractivity contribution < 1.29 is 9.90 Å². The van der Waals surface area contributed by atoms with Crippen molar-refractivity contribution in [1.29, 1.82) is 0 Å². The van der Waals surface area contributed by atoms with E-state index in [4.69, 9.17) is 0 Å². The molecule has 0 aliphatic carbocycles. The number of hydrogen-bond acceptors (Lipinski definition) is 4. The number of rotatable bonds is 7. The zero-order chi connectivity index (χ0) is 17.5. The van der Waals surface area contributed by atoms with Crippen LogP contribution < -0.4 is 10.6 Å². The van der Waals surface area contributed by atoms with Gasteiger partial charge in [-0.25, -0.2) is 9.78 Å². The molecule has 0 saturated heterocycles. The van der Waals surface area contributed by atoms with Crippen molar-refractivity contribution >= 4 is 17.4 Å². The molecule has 6 heteroatoms. The van der Waals surface area contributed by atoms with E-state index in [2.05, 4.69) is 15.6 Å². The predicted molar refractivity (Wildman–Crippen MR) is 98.2 cm³/mol. The van der Waals surface area contributed by atoms with Crippen LogP contribution in [-0.4, -0.2) is 28.8 Å². The molecule has 1 aromatic carbocycles. The lowest BCUT2D eigenvalue weighted by Crippen LogP contribution is -2.40. The van der Waals surface area contributed by atoms with E-state index >= 15 is 0 Å². The zero-order valence-electron chi connectivity index (χ0n) is 14.4. The Kier molecular flexibility index (Phi) is 6.75. The highest BCUT2D eigenvalue weighted by atomic mass is 32.1. The predicted octanol–water partition coefficient (Wildman–Crippen LogP) is 3.64. The third-order valence-corrected chi connectivity index (χ3v) is 5.10. The molecular formula is C18H25N3O2S. The van der Waals surface area contributed by atoms with Crippen LogP contribution in [0.1, 0.15) is 43.3 Å². The van der Waals surface area contributed by atoms with Gasteiger partial charge in [0.1, 0.15) is 5.01 Å². The lowest BCUT2D eigenvalue weighted by molar-refractivity contribution is 0.160. The first kappa shape index (κ1) is 18.4. The molecule has 0 spiro atoms. The first-order valence-corrected chi connectivity index (χ1v) is 9.08. The Hall–Kier alpha value is -1.92. The number of aliphatic hydroxyl groups is 1. The van der Waals surface area contributed by atoms with Crippen LogP contribution >= 0.6 is 11.3 Å². The van der Waals surface area contributed by atoms with Crippen molar-refractivity contribution in [1.82, 2.24) is 15.6 Å². The lowest BCUT2D eigenvalue weighted by atomic mass is 10.2. The van der Waals surface area contributed by atoms with Crippen LogP contribution in [0.4, 0.5) is 4.79 Å². The molecule has 1 aromatic heterocycles. The topological polar surface area (TPSA) is 74.2 Å². The molecule has 5 nitrogen and oxygen atoms in total. The van der Waals surface area contributed by atoms with Gasteiger partial charge in [0.15, 0.2) is 0 Å². The van der Waals surface area contributed by atoms with Crippen LogP contribution in [0.25, 0.3) is 10.6 Å². The van der Waals surface area contributed by atoms with Gasteiger partial charge in [-0.2, -0.15) is 0 Å². The van der Waals surface area contributed by atoms with Gasteiger partial charge in [-0.1, -0.05) is 43.7 Å². The van der Waals surface area contributed by atoms with Gasteiger partial charge in [-0.05, 0) is 20.3 Å². The summed E-state index contributed by atoms with van der Waals surface area (Å²) in [6.45, 7) is 6.17. The first-order chi connectivity index (χ1) is 11.5. The Morgan fingerprint density at radius 1 is 1.33 bits per heavy atom. The van der Waals surface area contributed by atoms with Crippen molar-refractivity contribution in [2.75, 3.05) is 6.54 Å². The number of amides is 2. The van der Waals surface area contributed by atoms with Gasteiger partial charge in [0, 0.05) is 12.1 Å². The molecule has 24 heavy (non-hydrogen) atoms. The molecule has 0 aliphatic heterocycles. The number of urea groups is 1. The summed E-state index contributed by atoms with van der Waals surface area (Å²) >= 11 is 1.59. The smallest absolute Gasteiger partial charge is 0.315 e. The number of aryl methyl sites for hydroxylation is 1. The minimum Gasteiger partial charge on any atom is -0.391 e. The van der Waals surface area contributed by atoms with Gasteiger partial charge in [0.25, 0.3) is 0 Å². The van der Waals surface area contributed by atoms with Crippen LogP contribution in [0.15, 0.2) is 30.3 Å². The molecule has 0 saturated carbocycles. The summed E-state index contributed by atoms with van der Waals surface area (Å²) in [5, 5.41) is 16.2. The molecule has 2 amide bonds. The molecule has 1 heterocycles. The number of nitrogens with zero attached hydrogens (tertiary/aromatic N) is 1. The molecule has 130 valence electrons. The van der Waals surface area contributed by atoms with Crippen LogP contribution in [0.3, 0.4) is 0 Å². The van der Waals surface area contributed by atoms with Crippen LogP contribution in [0.2, 0.25) is 0 Å². The number of benzene rings is 1. The molecule has 2 aromatic rings. The van der Waals surface area contributed by atoms with Crippen LogP contribution in [0.5, 0.6) is 0 Å². The second-order valence-electron chi connectivity index (χ2n) is 5.85. The fourth-order valence-corrected chi connectivity index (χ4v) is 3.55. The average Bonchev–Trinajstić information content (AvgIpc) is 2.96. The fourth-order valence-electron chi connectivity index (χ4n) is 2.47. The van der Waals surface area contributed by atoms with Gasteiger partial charge < -0.3 is 15.7 Å². The highest BCUT2D eigenvalue weighted by molar-refractivity contribution is 7.15. The molecule has 0 aliphatic rings. The summed E-state index contributed by atoms with van der Waals surface area (Å²) in [7, 11) is 0. The average molecular weight is 347 g/mol. The molecule has 3 N–H and O–H groups in total. The highest BCUT2D eigenvalue weighted by Gasteiger charge is 2.17. The van der Waals surface area contributed by atoms with E-state index in [1.807, 2.05) is 51.1 Å². The maximum absolute atomic E-state index is 12.0. The Labute approximate surface area is 147 Å². The van der Waals surface area contributed by atoms with Crippen molar-refractivity contribution in [2.45, 2.75) is 45.8 Å². The summed E-state index contributed by atoms with van der Waals surface area (Å²) < 4.78 is 0. The van der Waals surface area contributed by atoms with Crippen molar-refractivity contribution in [3.05, 3.63) is 40.9 Å². The van der Waals surface area contributed by atoms with E-state index in [1.165, 1.54) is 0 Å². The third-order valence-electron chi connectivity index (χ3n) is 3.71. The number of aliphatic hydroxyl groups excluding tert-OH is 1. The van der Waals surface area contributed by atoms with Gasteiger partial charge >= 0.3 is 6.03 Å². The van der Waals surface area contributed by atoms with Crippen LogP contribution in [-0.2, 0) is 0 Å². The zero-order valence-corrected chi connectivity index (χ0v) is 15.2. The number of thiazole rings is 1. The number of aromatic nitrogens is 1. The van der Waals surface area contributed by atoms with Gasteiger partial charge in [0.05, 0.1) is 22.7 Å². The molecule has 2 unspecified atom stereocenters. The summed E-state index contributed by atoms with van der Waals surface area (Å²) in [4.78, 5) is 17.6. The minimum absolute atomic E-state index is 0.136. The highest BCUT2D eigenvalue weighted by Crippen LogP contribution is 2.31. The van der Waals surface area contributed by atoms with Gasteiger partial charge in [0.2, 0.25) is 0 Å². The van der Waals surface area contributed by atoms with E-state index in [-0.39, 0.29) is 18.6 Å². The normalized spacial score (nSPS) is 13.3. The van der Waals surface area contributed by atoms with Crippen molar-refractivity contribution in [2.24, 2.45) is 0 Å². The van der Waals surface area contributed by atoms with E-state index in [9.17, 15) is 9.90 Å². The summed E-state index contributed by atoms with van der Waals surface area (Å²) in [5.74, 6) is 0. The van der Waals surface area contributed by atoms with E-state index in [0.29, 0.717) is 6.42 Å². The quantitative estimate of drug-likeness (QED) is 0.716. The van der Waals surface area contributed by atoms with Gasteiger partial charge in [-0.15, -0.1) is 11.3 Å². The Morgan fingerprint density at radius 2 is 2.04 bits per heavy atom. The van der Waals surface area contributed by atoms with Crippen molar-refractivity contribution in [3.8, 4) is 10.6 Å². The summed E-state index contributed by atoms with van der Waals surface area (Å²) in [5.41, 5.74) is 2.01. The van der Waals surface area contributed by atoms with E-state index in [1.54, 1.807) is 11.3 Å². The Bertz CT molecular complexity index is 658. The minimum atomic E-state index is -0.495. The molecule has 0 bridgehead atoms. The lowest BCUT2D eigenvalue weighted by Gasteiger charge is -2.15.